The number of carboxylic acids is 1. The topological polar surface area (TPSA) is 123 Å². The molecule has 0 aliphatic carbocycles. The number of fused-ring (bicyclic) bond motifs is 2. The van der Waals surface area contributed by atoms with Crippen molar-refractivity contribution in [3.63, 3.8) is 0 Å². The second kappa shape index (κ2) is 8.07. The van der Waals surface area contributed by atoms with E-state index in [1.54, 1.807) is 54.7 Å². The third-order valence-electron chi connectivity index (χ3n) is 7.47. The zero-order valence-corrected chi connectivity index (χ0v) is 19.1. The first kappa shape index (κ1) is 22.1. The molecule has 8 nitrogen and oxygen atoms in total. The second-order valence-corrected chi connectivity index (χ2v) is 9.34. The average Bonchev–Trinajstić information content (AvgIpc) is 3.52. The number of hydrogen-bond donors (Lipinski definition) is 4. The van der Waals surface area contributed by atoms with Gasteiger partial charge in [-0.15, -0.1) is 0 Å². The molecule has 36 heavy (non-hydrogen) atoms. The maximum absolute atomic E-state index is 13.9. The number of para-hydroxylation sites is 3. The number of amides is 2. The number of nitrogens with one attached hydrogen (secondary N) is 2. The Labute approximate surface area is 206 Å². The third-order valence-corrected chi connectivity index (χ3v) is 7.47. The largest absolute Gasteiger partial charge is 0.508 e. The number of phenolic OH excluding ortho intramolecular Hbond substituents is 1. The molecule has 3 heterocycles. The predicted molar refractivity (Wildman–Crippen MR) is 132 cm³/mol. The Balaban J connectivity index is 1.53. The smallest absolute Gasteiger partial charge is 0.325 e. The first-order chi connectivity index (χ1) is 17.4. The Kier molecular flexibility index (Phi) is 4.94. The van der Waals surface area contributed by atoms with E-state index in [4.69, 9.17) is 0 Å². The Hall–Kier alpha value is -4.43. The van der Waals surface area contributed by atoms with Crippen LogP contribution in [0.3, 0.4) is 0 Å². The number of imide groups is 1. The lowest BCUT2D eigenvalue weighted by Crippen LogP contribution is -2.57. The number of phenols is 1. The quantitative estimate of drug-likeness (QED) is 0.324. The lowest BCUT2D eigenvalue weighted by molar-refractivity contribution is -0.148. The van der Waals surface area contributed by atoms with E-state index in [-0.39, 0.29) is 12.2 Å². The van der Waals surface area contributed by atoms with Gasteiger partial charge in [0, 0.05) is 35.1 Å². The fourth-order valence-electron chi connectivity index (χ4n) is 5.87. The zero-order valence-electron chi connectivity index (χ0n) is 19.1. The number of aromatic hydroxyl groups is 1. The fraction of sp³-hybridized carbons (Fsp3) is 0.179. The summed E-state index contributed by atoms with van der Waals surface area (Å²) in [5.74, 6) is -4.53. The number of aliphatic carboxylic acids is 1. The third kappa shape index (κ3) is 3.08. The van der Waals surface area contributed by atoms with Gasteiger partial charge < -0.3 is 15.2 Å². The lowest BCUT2D eigenvalue weighted by Gasteiger charge is -2.31. The normalized spacial score (nSPS) is 25.4. The van der Waals surface area contributed by atoms with Crippen molar-refractivity contribution in [1.82, 2.24) is 10.3 Å². The van der Waals surface area contributed by atoms with Crippen molar-refractivity contribution >= 4 is 34.4 Å². The molecule has 0 spiro atoms. The van der Waals surface area contributed by atoms with Crippen LogP contribution in [-0.2, 0) is 20.8 Å². The van der Waals surface area contributed by atoms with Gasteiger partial charge in [-0.2, -0.15) is 0 Å². The highest BCUT2D eigenvalue weighted by Crippen LogP contribution is 2.52. The van der Waals surface area contributed by atoms with Crippen LogP contribution in [0.2, 0.25) is 0 Å². The summed E-state index contributed by atoms with van der Waals surface area (Å²) in [6.45, 7) is 0. The SMILES string of the molecule is O=C1[C@@H]2[C@@H](c3ccccc3O)N[C@@](Cc3c[nH]c4ccccc34)(C(=O)O)[C@H]2C(=O)N1c1ccccc1. The minimum absolute atomic E-state index is 0.0285. The molecule has 0 radical (unpaired) electrons. The number of benzene rings is 3. The van der Waals surface area contributed by atoms with Gasteiger partial charge in [-0.25, -0.2) is 4.90 Å². The van der Waals surface area contributed by atoms with Crippen LogP contribution in [0.15, 0.2) is 85.1 Å². The number of carbonyl (C=O) groups excluding carboxylic acids is 2. The molecule has 2 fully saturated rings. The van der Waals surface area contributed by atoms with Crippen LogP contribution in [-0.4, -0.2) is 38.5 Å². The monoisotopic (exact) mass is 481 g/mol. The molecule has 6 rings (SSSR count). The van der Waals surface area contributed by atoms with Gasteiger partial charge in [0.2, 0.25) is 11.8 Å². The summed E-state index contributed by atoms with van der Waals surface area (Å²) >= 11 is 0. The summed E-state index contributed by atoms with van der Waals surface area (Å²) in [6.07, 6.45) is 1.72. The van der Waals surface area contributed by atoms with E-state index in [0.717, 1.165) is 21.4 Å². The number of carboxylic acid groups (broad SMARTS) is 1. The molecule has 4 aromatic rings. The second-order valence-electron chi connectivity index (χ2n) is 9.34. The molecule has 2 aliphatic rings. The molecule has 2 aliphatic heterocycles. The molecule has 4 atom stereocenters. The summed E-state index contributed by atoms with van der Waals surface area (Å²) < 4.78 is 0. The van der Waals surface area contributed by atoms with Crippen LogP contribution in [0.25, 0.3) is 10.9 Å². The highest BCUT2D eigenvalue weighted by Gasteiger charge is 2.69. The van der Waals surface area contributed by atoms with E-state index in [1.807, 2.05) is 24.3 Å². The van der Waals surface area contributed by atoms with Crippen LogP contribution >= 0.6 is 0 Å². The van der Waals surface area contributed by atoms with E-state index in [9.17, 15) is 24.6 Å². The fourth-order valence-corrected chi connectivity index (χ4v) is 5.87. The van der Waals surface area contributed by atoms with Crippen molar-refractivity contribution in [2.24, 2.45) is 11.8 Å². The van der Waals surface area contributed by atoms with Crippen molar-refractivity contribution in [2.45, 2.75) is 18.0 Å². The molecule has 8 heteroatoms. The van der Waals surface area contributed by atoms with E-state index in [2.05, 4.69) is 10.3 Å². The van der Waals surface area contributed by atoms with Gasteiger partial charge in [0.1, 0.15) is 11.3 Å². The molecule has 1 aromatic heterocycles. The van der Waals surface area contributed by atoms with Gasteiger partial charge in [-0.3, -0.25) is 19.7 Å². The summed E-state index contributed by atoms with van der Waals surface area (Å²) in [5, 5.41) is 25.3. The Morgan fingerprint density at radius 2 is 1.61 bits per heavy atom. The lowest BCUT2D eigenvalue weighted by atomic mass is 9.76. The molecule has 0 unspecified atom stereocenters. The molecule has 0 bridgehead atoms. The van der Waals surface area contributed by atoms with E-state index >= 15 is 0 Å². The van der Waals surface area contributed by atoms with Gasteiger partial charge in [0.25, 0.3) is 0 Å². The van der Waals surface area contributed by atoms with Crippen molar-refractivity contribution in [3.8, 4) is 5.75 Å². The number of H-pyrrole nitrogens is 1. The van der Waals surface area contributed by atoms with Crippen LogP contribution in [0.5, 0.6) is 5.75 Å². The summed E-state index contributed by atoms with van der Waals surface area (Å²) in [6, 6.07) is 21.7. The Morgan fingerprint density at radius 1 is 0.917 bits per heavy atom. The first-order valence-electron chi connectivity index (χ1n) is 11.7. The maximum atomic E-state index is 13.9. The van der Waals surface area contributed by atoms with E-state index < -0.39 is 41.2 Å². The average molecular weight is 482 g/mol. The standard InChI is InChI=1S/C28H23N3O5/c32-21-13-7-5-11-19(21)24-22-23(26(34)31(25(22)33)17-8-2-1-3-9-17)28(30-24,27(35)36)14-16-15-29-20-12-6-4-10-18(16)20/h1-13,15,22-24,29-30,32H,14H2,(H,35,36)/t22-,23+,24+,28+/m0/s1. The Morgan fingerprint density at radius 3 is 2.36 bits per heavy atom. The van der Waals surface area contributed by atoms with Crippen LogP contribution < -0.4 is 10.2 Å². The Bertz CT molecular complexity index is 1510. The van der Waals surface area contributed by atoms with Crippen molar-refractivity contribution in [1.29, 1.82) is 0 Å². The van der Waals surface area contributed by atoms with Crippen LogP contribution in [0.4, 0.5) is 5.69 Å². The zero-order chi connectivity index (χ0) is 25.0. The molecule has 2 saturated heterocycles. The predicted octanol–water partition coefficient (Wildman–Crippen LogP) is 3.39. The number of hydrogen-bond acceptors (Lipinski definition) is 5. The van der Waals surface area contributed by atoms with Crippen LogP contribution in [0, 0.1) is 11.8 Å². The number of aromatic nitrogens is 1. The minimum Gasteiger partial charge on any atom is -0.508 e. The molecular weight excluding hydrogens is 458 g/mol. The number of nitrogens with zero attached hydrogens (tertiary/aromatic N) is 1. The van der Waals surface area contributed by atoms with E-state index in [1.165, 1.54) is 6.07 Å². The van der Waals surface area contributed by atoms with Gasteiger partial charge >= 0.3 is 5.97 Å². The van der Waals surface area contributed by atoms with Crippen molar-refractivity contribution in [2.75, 3.05) is 4.90 Å². The molecule has 3 aromatic carbocycles. The highest BCUT2D eigenvalue weighted by atomic mass is 16.4. The number of anilines is 1. The van der Waals surface area contributed by atoms with Crippen LogP contribution in [0.1, 0.15) is 17.2 Å². The number of carbonyl (C=O) groups is 3. The van der Waals surface area contributed by atoms with Gasteiger partial charge in [-0.05, 0) is 29.8 Å². The van der Waals surface area contributed by atoms with Gasteiger partial charge in [0.15, 0.2) is 0 Å². The summed E-state index contributed by atoms with van der Waals surface area (Å²) in [4.78, 5) is 45.0. The molecule has 180 valence electrons. The maximum Gasteiger partial charge on any atom is 0.325 e. The van der Waals surface area contributed by atoms with Gasteiger partial charge in [0.05, 0.1) is 17.5 Å². The van der Waals surface area contributed by atoms with E-state index in [0.29, 0.717) is 11.3 Å². The van der Waals surface area contributed by atoms with Crippen molar-refractivity contribution in [3.05, 3.63) is 96.2 Å². The minimum atomic E-state index is -1.78. The summed E-state index contributed by atoms with van der Waals surface area (Å²) in [7, 11) is 0. The number of rotatable bonds is 5. The molecular formula is C28H23N3O5. The summed E-state index contributed by atoms with van der Waals surface area (Å²) in [5.41, 5.74) is 0.559. The molecule has 0 saturated carbocycles. The van der Waals surface area contributed by atoms with Crippen molar-refractivity contribution < 1.29 is 24.6 Å². The molecule has 2 amide bonds. The highest BCUT2D eigenvalue weighted by molar-refractivity contribution is 6.24. The number of aromatic amines is 1. The molecule has 4 N–H and O–H groups in total. The first-order valence-corrected chi connectivity index (χ1v) is 11.7. The van der Waals surface area contributed by atoms with Gasteiger partial charge in [-0.1, -0.05) is 54.6 Å².